The van der Waals surface area contributed by atoms with Crippen LogP contribution in [-0.4, -0.2) is 39.5 Å². The summed E-state index contributed by atoms with van der Waals surface area (Å²) in [5.74, 6) is 0. The van der Waals surface area contributed by atoms with Gasteiger partial charge in [0.25, 0.3) is 0 Å². The molecule has 0 saturated carbocycles. The van der Waals surface area contributed by atoms with Crippen LogP contribution >= 0.6 is 0 Å². The van der Waals surface area contributed by atoms with E-state index in [9.17, 15) is 0 Å². The maximum absolute atomic E-state index is 5.32. The lowest BCUT2D eigenvalue weighted by Crippen LogP contribution is -2.35. The van der Waals surface area contributed by atoms with Gasteiger partial charge in [0, 0.05) is 26.9 Å². The van der Waals surface area contributed by atoms with E-state index in [1.165, 1.54) is 0 Å². The average Bonchev–Trinajstić information content (AvgIpc) is 2.14. The SMILES string of the molecule is CCOC(OC)C(OCC)OCC. The fraction of sp³-hybridized carbons (Fsp3) is 1.00. The third-order valence-electron chi connectivity index (χ3n) is 1.45. The van der Waals surface area contributed by atoms with Gasteiger partial charge in [0.2, 0.25) is 12.6 Å². The standard InChI is InChI=1S/C9H20O4/c1-5-11-8(10-4)9(12-6-2)13-7-3/h8-9H,5-7H2,1-4H3. The lowest BCUT2D eigenvalue weighted by Gasteiger charge is -2.24. The summed E-state index contributed by atoms with van der Waals surface area (Å²) in [6.07, 6.45) is -0.871. The zero-order chi connectivity index (χ0) is 10.1. The van der Waals surface area contributed by atoms with Crippen molar-refractivity contribution in [3.63, 3.8) is 0 Å². The lowest BCUT2D eigenvalue weighted by molar-refractivity contribution is -0.275. The fourth-order valence-electron chi connectivity index (χ4n) is 0.956. The summed E-state index contributed by atoms with van der Waals surface area (Å²) in [7, 11) is 1.57. The van der Waals surface area contributed by atoms with Crippen LogP contribution in [-0.2, 0) is 18.9 Å². The van der Waals surface area contributed by atoms with Crippen molar-refractivity contribution < 1.29 is 18.9 Å². The van der Waals surface area contributed by atoms with Crippen LogP contribution in [0.5, 0.6) is 0 Å². The Bertz CT molecular complexity index is 102. The number of methoxy groups -OCH3 is 1. The molecule has 0 bridgehead atoms. The van der Waals surface area contributed by atoms with Gasteiger partial charge < -0.3 is 18.9 Å². The van der Waals surface area contributed by atoms with Crippen molar-refractivity contribution in [3.05, 3.63) is 0 Å². The minimum absolute atomic E-state index is 0.431. The van der Waals surface area contributed by atoms with Crippen LogP contribution in [0.25, 0.3) is 0 Å². The highest BCUT2D eigenvalue weighted by Crippen LogP contribution is 2.07. The largest absolute Gasteiger partial charge is 0.351 e. The maximum atomic E-state index is 5.32. The molecule has 0 aliphatic rings. The van der Waals surface area contributed by atoms with Crippen LogP contribution < -0.4 is 0 Å². The summed E-state index contributed by atoms with van der Waals surface area (Å²) in [4.78, 5) is 0. The van der Waals surface area contributed by atoms with Gasteiger partial charge in [0.15, 0.2) is 0 Å². The molecule has 0 aromatic rings. The third-order valence-corrected chi connectivity index (χ3v) is 1.45. The Labute approximate surface area is 80.1 Å². The molecule has 0 aromatic heterocycles. The zero-order valence-corrected chi connectivity index (χ0v) is 8.91. The van der Waals surface area contributed by atoms with E-state index in [1.54, 1.807) is 7.11 Å². The first-order chi connectivity index (χ1) is 6.29. The van der Waals surface area contributed by atoms with E-state index < -0.39 is 12.6 Å². The molecule has 80 valence electrons. The predicted molar refractivity (Wildman–Crippen MR) is 49.5 cm³/mol. The van der Waals surface area contributed by atoms with E-state index >= 15 is 0 Å². The Morgan fingerprint density at radius 3 is 1.46 bits per heavy atom. The topological polar surface area (TPSA) is 36.9 Å². The number of hydrogen-bond donors (Lipinski definition) is 0. The van der Waals surface area contributed by atoms with Crippen LogP contribution in [0.2, 0.25) is 0 Å². The highest BCUT2D eigenvalue weighted by molar-refractivity contribution is 4.49. The molecule has 0 fully saturated rings. The second-order valence-corrected chi connectivity index (χ2v) is 2.34. The molecule has 0 spiro atoms. The van der Waals surface area contributed by atoms with Gasteiger partial charge in [-0.15, -0.1) is 0 Å². The van der Waals surface area contributed by atoms with Crippen molar-refractivity contribution in [2.24, 2.45) is 0 Å². The predicted octanol–water partition coefficient (Wildman–Crippen LogP) is 1.39. The summed E-state index contributed by atoms with van der Waals surface area (Å²) in [5.41, 5.74) is 0. The van der Waals surface area contributed by atoms with E-state index in [0.717, 1.165) is 0 Å². The normalized spacial score (nSPS) is 13.6. The Kier molecular flexibility index (Phi) is 8.33. The van der Waals surface area contributed by atoms with Crippen LogP contribution in [0.4, 0.5) is 0 Å². The van der Waals surface area contributed by atoms with Crippen molar-refractivity contribution in [1.29, 1.82) is 0 Å². The summed E-state index contributed by atoms with van der Waals surface area (Å²) in [5, 5.41) is 0. The minimum Gasteiger partial charge on any atom is -0.351 e. The first kappa shape index (κ1) is 12.8. The molecule has 0 aromatic carbocycles. The van der Waals surface area contributed by atoms with E-state index in [2.05, 4.69) is 0 Å². The Hall–Kier alpha value is -0.160. The zero-order valence-electron chi connectivity index (χ0n) is 8.91. The molecule has 0 heterocycles. The van der Waals surface area contributed by atoms with Gasteiger partial charge in [-0.2, -0.15) is 0 Å². The van der Waals surface area contributed by atoms with E-state index in [0.29, 0.717) is 19.8 Å². The van der Waals surface area contributed by atoms with Crippen LogP contribution in [0.1, 0.15) is 20.8 Å². The molecule has 0 rings (SSSR count). The first-order valence-electron chi connectivity index (χ1n) is 4.67. The van der Waals surface area contributed by atoms with Gasteiger partial charge in [-0.05, 0) is 20.8 Å². The highest BCUT2D eigenvalue weighted by atomic mass is 16.8. The van der Waals surface area contributed by atoms with Crippen LogP contribution in [0.15, 0.2) is 0 Å². The number of hydrogen-bond acceptors (Lipinski definition) is 4. The van der Waals surface area contributed by atoms with E-state index in [4.69, 9.17) is 18.9 Å². The summed E-state index contributed by atoms with van der Waals surface area (Å²) in [6, 6.07) is 0. The fourth-order valence-corrected chi connectivity index (χ4v) is 0.956. The van der Waals surface area contributed by atoms with Crippen LogP contribution in [0.3, 0.4) is 0 Å². The highest BCUT2D eigenvalue weighted by Gasteiger charge is 2.21. The summed E-state index contributed by atoms with van der Waals surface area (Å²) >= 11 is 0. The quantitative estimate of drug-likeness (QED) is 0.545. The third kappa shape index (κ3) is 5.21. The Balaban J connectivity index is 3.94. The monoisotopic (exact) mass is 192 g/mol. The van der Waals surface area contributed by atoms with Crippen molar-refractivity contribution in [1.82, 2.24) is 0 Å². The summed E-state index contributed by atoms with van der Waals surface area (Å²) < 4.78 is 21.0. The van der Waals surface area contributed by atoms with Gasteiger partial charge >= 0.3 is 0 Å². The Morgan fingerprint density at radius 2 is 1.15 bits per heavy atom. The maximum Gasteiger partial charge on any atom is 0.209 e. The minimum atomic E-state index is -0.440. The number of rotatable bonds is 8. The molecule has 13 heavy (non-hydrogen) atoms. The molecule has 1 unspecified atom stereocenters. The smallest absolute Gasteiger partial charge is 0.209 e. The number of ether oxygens (including phenoxy) is 4. The first-order valence-corrected chi connectivity index (χ1v) is 4.67. The van der Waals surface area contributed by atoms with E-state index in [1.807, 2.05) is 20.8 Å². The molecule has 1 atom stereocenters. The van der Waals surface area contributed by atoms with Gasteiger partial charge in [-0.3, -0.25) is 0 Å². The van der Waals surface area contributed by atoms with Crippen molar-refractivity contribution in [2.45, 2.75) is 33.4 Å². The average molecular weight is 192 g/mol. The molecule has 0 amide bonds. The molecule has 0 aliphatic carbocycles. The molecule has 4 nitrogen and oxygen atoms in total. The molecule has 0 N–H and O–H groups in total. The van der Waals surface area contributed by atoms with Crippen molar-refractivity contribution >= 4 is 0 Å². The molecular weight excluding hydrogens is 172 g/mol. The molecule has 4 heteroatoms. The van der Waals surface area contributed by atoms with Gasteiger partial charge in [0.05, 0.1) is 0 Å². The van der Waals surface area contributed by atoms with Crippen molar-refractivity contribution in [2.75, 3.05) is 26.9 Å². The van der Waals surface area contributed by atoms with E-state index in [-0.39, 0.29) is 0 Å². The van der Waals surface area contributed by atoms with Crippen LogP contribution in [0, 0.1) is 0 Å². The van der Waals surface area contributed by atoms with Gasteiger partial charge in [0.1, 0.15) is 0 Å². The summed E-state index contributed by atoms with van der Waals surface area (Å²) in [6.45, 7) is 7.46. The van der Waals surface area contributed by atoms with Crippen molar-refractivity contribution in [3.8, 4) is 0 Å². The molecular formula is C9H20O4. The van der Waals surface area contributed by atoms with Gasteiger partial charge in [-0.25, -0.2) is 0 Å². The lowest BCUT2D eigenvalue weighted by atomic mass is 10.5. The molecule has 0 radical (unpaired) electrons. The second-order valence-electron chi connectivity index (χ2n) is 2.34. The molecule has 0 aliphatic heterocycles. The van der Waals surface area contributed by atoms with Gasteiger partial charge in [-0.1, -0.05) is 0 Å². The Morgan fingerprint density at radius 1 is 0.769 bits per heavy atom. The molecule has 0 saturated heterocycles. The second kappa shape index (κ2) is 8.44.